The van der Waals surface area contributed by atoms with E-state index in [1.807, 2.05) is 6.92 Å². The molecule has 0 heterocycles. The van der Waals surface area contributed by atoms with Crippen molar-refractivity contribution in [3.63, 3.8) is 0 Å². The summed E-state index contributed by atoms with van der Waals surface area (Å²) in [5.41, 5.74) is 2.18. The SMILES string of the molecule is CC[C@@H](C(=O)N[C@@H](C)c1ccc(F)cc1)N(c1ccc(C)cc1)S(C)(=O)=O. The minimum absolute atomic E-state index is 0.308. The highest BCUT2D eigenvalue weighted by molar-refractivity contribution is 7.92. The molecule has 2 atom stereocenters. The van der Waals surface area contributed by atoms with Crippen LogP contribution in [0, 0.1) is 12.7 Å². The predicted octanol–water partition coefficient (Wildman–Crippen LogP) is 3.56. The van der Waals surface area contributed by atoms with Crippen molar-refractivity contribution in [2.45, 2.75) is 39.3 Å². The number of hydrogen-bond acceptors (Lipinski definition) is 3. The third-order valence-electron chi connectivity index (χ3n) is 4.35. The Kier molecular flexibility index (Phi) is 6.59. The lowest BCUT2D eigenvalue weighted by Gasteiger charge is -2.31. The first-order valence-corrected chi connectivity index (χ1v) is 10.6. The van der Waals surface area contributed by atoms with Crippen molar-refractivity contribution >= 4 is 21.6 Å². The number of nitrogens with one attached hydrogen (secondary N) is 1. The summed E-state index contributed by atoms with van der Waals surface area (Å²) in [5.74, 6) is -0.758. The van der Waals surface area contributed by atoms with Crippen LogP contribution in [0.15, 0.2) is 48.5 Å². The van der Waals surface area contributed by atoms with Crippen LogP contribution in [-0.4, -0.2) is 26.6 Å². The van der Waals surface area contributed by atoms with Crippen LogP contribution in [0.2, 0.25) is 0 Å². The molecule has 7 heteroatoms. The second-order valence-corrected chi connectivity index (χ2v) is 8.46. The van der Waals surface area contributed by atoms with Crippen molar-refractivity contribution in [1.29, 1.82) is 0 Å². The van der Waals surface area contributed by atoms with Crippen LogP contribution in [0.5, 0.6) is 0 Å². The van der Waals surface area contributed by atoms with E-state index in [1.54, 1.807) is 50.2 Å². The quantitative estimate of drug-likeness (QED) is 0.784. The molecule has 0 bridgehead atoms. The van der Waals surface area contributed by atoms with E-state index in [-0.39, 0.29) is 11.9 Å². The van der Waals surface area contributed by atoms with Crippen molar-refractivity contribution in [3.8, 4) is 0 Å². The van der Waals surface area contributed by atoms with Crippen LogP contribution in [0.3, 0.4) is 0 Å². The summed E-state index contributed by atoms with van der Waals surface area (Å²) < 4.78 is 39.1. The Bertz CT molecular complexity index is 880. The van der Waals surface area contributed by atoms with Gasteiger partial charge < -0.3 is 5.32 Å². The van der Waals surface area contributed by atoms with E-state index in [4.69, 9.17) is 0 Å². The minimum atomic E-state index is -3.67. The summed E-state index contributed by atoms with van der Waals surface area (Å²) in [4.78, 5) is 12.9. The van der Waals surface area contributed by atoms with Crippen molar-refractivity contribution in [3.05, 3.63) is 65.5 Å². The van der Waals surface area contributed by atoms with Gasteiger partial charge in [-0.3, -0.25) is 9.10 Å². The Morgan fingerprint density at radius 3 is 2.15 bits per heavy atom. The van der Waals surface area contributed by atoms with Gasteiger partial charge in [-0.2, -0.15) is 0 Å². The lowest BCUT2D eigenvalue weighted by molar-refractivity contribution is -0.122. The van der Waals surface area contributed by atoms with Gasteiger partial charge in [0.2, 0.25) is 15.9 Å². The topological polar surface area (TPSA) is 66.5 Å². The summed E-state index contributed by atoms with van der Waals surface area (Å²) >= 11 is 0. The molecule has 27 heavy (non-hydrogen) atoms. The van der Waals surface area contributed by atoms with Gasteiger partial charge >= 0.3 is 0 Å². The summed E-state index contributed by atoms with van der Waals surface area (Å²) in [7, 11) is -3.67. The smallest absolute Gasteiger partial charge is 0.244 e. The number of nitrogens with zero attached hydrogens (tertiary/aromatic N) is 1. The number of aryl methyl sites for hydroxylation is 1. The molecule has 0 aliphatic rings. The van der Waals surface area contributed by atoms with E-state index in [0.29, 0.717) is 12.1 Å². The van der Waals surface area contributed by atoms with E-state index >= 15 is 0 Å². The molecule has 0 aromatic heterocycles. The number of anilines is 1. The molecule has 0 saturated heterocycles. The van der Waals surface area contributed by atoms with Gasteiger partial charge in [-0.05, 0) is 50.1 Å². The lowest BCUT2D eigenvalue weighted by Crippen LogP contribution is -2.49. The molecule has 0 unspecified atom stereocenters. The van der Waals surface area contributed by atoms with Crippen LogP contribution in [-0.2, 0) is 14.8 Å². The summed E-state index contributed by atoms with van der Waals surface area (Å²) in [6.45, 7) is 5.44. The second-order valence-electron chi connectivity index (χ2n) is 6.60. The van der Waals surface area contributed by atoms with Crippen molar-refractivity contribution in [2.75, 3.05) is 10.6 Å². The highest BCUT2D eigenvalue weighted by atomic mass is 32.2. The van der Waals surface area contributed by atoms with Crippen LogP contribution in [0.4, 0.5) is 10.1 Å². The molecule has 0 fully saturated rings. The maximum absolute atomic E-state index is 13.1. The van der Waals surface area contributed by atoms with E-state index in [9.17, 15) is 17.6 Å². The maximum atomic E-state index is 13.1. The Balaban J connectivity index is 2.28. The molecule has 2 aromatic carbocycles. The van der Waals surface area contributed by atoms with Gasteiger partial charge in [-0.25, -0.2) is 12.8 Å². The fourth-order valence-electron chi connectivity index (χ4n) is 2.90. The zero-order chi connectivity index (χ0) is 20.2. The minimum Gasteiger partial charge on any atom is -0.348 e. The van der Waals surface area contributed by atoms with Crippen molar-refractivity contribution in [2.24, 2.45) is 0 Å². The second kappa shape index (κ2) is 8.52. The Morgan fingerprint density at radius 1 is 1.11 bits per heavy atom. The number of carbonyl (C=O) groups is 1. The molecule has 0 aliphatic carbocycles. The molecule has 2 rings (SSSR count). The average Bonchev–Trinajstić information content (AvgIpc) is 2.60. The summed E-state index contributed by atoms with van der Waals surface area (Å²) in [6, 6.07) is 11.6. The molecule has 5 nitrogen and oxygen atoms in total. The Labute approximate surface area is 160 Å². The number of sulfonamides is 1. The van der Waals surface area contributed by atoms with Crippen LogP contribution >= 0.6 is 0 Å². The molecular weight excluding hydrogens is 367 g/mol. The fourth-order valence-corrected chi connectivity index (χ4v) is 4.11. The number of hydrogen-bond donors (Lipinski definition) is 1. The van der Waals surface area contributed by atoms with Gasteiger partial charge in [-0.1, -0.05) is 36.8 Å². The average molecular weight is 392 g/mol. The van der Waals surface area contributed by atoms with E-state index in [1.165, 1.54) is 12.1 Å². The van der Waals surface area contributed by atoms with Crippen molar-refractivity contribution < 1.29 is 17.6 Å². The Hall–Kier alpha value is -2.41. The molecule has 1 N–H and O–H groups in total. The lowest BCUT2D eigenvalue weighted by atomic mass is 10.1. The third kappa shape index (κ3) is 5.29. The van der Waals surface area contributed by atoms with E-state index in [2.05, 4.69) is 5.32 Å². The van der Waals surface area contributed by atoms with Gasteiger partial charge in [0.05, 0.1) is 18.0 Å². The van der Waals surface area contributed by atoms with Crippen LogP contribution in [0.1, 0.15) is 37.4 Å². The van der Waals surface area contributed by atoms with Gasteiger partial charge in [0.15, 0.2) is 0 Å². The van der Waals surface area contributed by atoms with Crippen molar-refractivity contribution in [1.82, 2.24) is 5.32 Å². The molecule has 2 aromatic rings. The molecule has 0 aliphatic heterocycles. The van der Waals surface area contributed by atoms with Gasteiger partial charge in [0.25, 0.3) is 0 Å². The molecule has 0 spiro atoms. The van der Waals surface area contributed by atoms with Gasteiger partial charge in [0, 0.05) is 0 Å². The van der Waals surface area contributed by atoms with Crippen LogP contribution in [0.25, 0.3) is 0 Å². The fraction of sp³-hybridized carbons (Fsp3) is 0.350. The van der Waals surface area contributed by atoms with Crippen LogP contribution < -0.4 is 9.62 Å². The first-order valence-electron chi connectivity index (χ1n) is 8.75. The first kappa shape index (κ1) is 20.9. The third-order valence-corrected chi connectivity index (χ3v) is 5.53. The number of benzene rings is 2. The van der Waals surface area contributed by atoms with Gasteiger partial charge in [-0.15, -0.1) is 0 Å². The Morgan fingerprint density at radius 2 is 1.67 bits per heavy atom. The standard InChI is InChI=1S/C20H25FN2O3S/c1-5-19(20(24)22-15(3)16-8-10-17(21)11-9-16)23(27(4,25)26)18-12-6-14(2)7-13-18/h6-13,15,19H,5H2,1-4H3,(H,22,24)/t15-,19-/m0/s1. The molecule has 1 amide bonds. The zero-order valence-electron chi connectivity index (χ0n) is 15.9. The normalized spacial score (nSPS) is 13.7. The van der Waals surface area contributed by atoms with Gasteiger partial charge in [0.1, 0.15) is 11.9 Å². The van der Waals surface area contributed by atoms with E-state index < -0.39 is 22.0 Å². The molecule has 146 valence electrons. The highest BCUT2D eigenvalue weighted by Crippen LogP contribution is 2.24. The largest absolute Gasteiger partial charge is 0.348 e. The predicted molar refractivity (Wildman–Crippen MR) is 106 cm³/mol. The molecule has 0 saturated carbocycles. The number of halogens is 1. The highest BCUT2D eigenvalue weighted by Gasteiger charge is 2.32. The number of rotatable bonds is 7. The number of carbonyl (C=O) groups excluding carboxylic acids is 1. The summed E-state index contributed by atoms with van der Waals surface area (Å²) in [6.07, 6.45) is 1.40. The maximum Gasteiger partial charge on any atom is 0.244 e. The number of amides is 1. The molecular formula is C20H25FN2O3S. The van der Waals surface area contributed by atoms with E-state index in [0.717, 1.165) is 21.7 Å². The molecule has 0 radical (unpaired) electrons. The monoisotopic (exact) mass is 392 g/mol. The first-order chi connectivity index (χ1) is 12.6. The summed E-state index contributed by atoms with van der Waals surface area (Å²) in [5, 5.41) is 2.83. The zero-order valence-corrected chi connectivity index (χ0v) is 16.8.